The summed E-state index contributed by atoms with van der Waals surface area (Å²) in [7, 11) is 0. The maximum absolute atomic E-state index is 13.2. The van der Waals surface area contributed by atoms with E-state index in [-0.39, 0.29) is 18.1 Å². The first-order valence-corrected chi connectivity index (χ1v) is 12.2. The Morgan fingerprint density at radius 2 is 1.88 bits per heavy atom. The van der Waals surface area contributed by atoms with Crippen LogP contribution in [0.2, 0.25) is 0 Å². The van der Waals surface area contributed by atoms with Crippen LogP contribution in [0.1, 0.15) is 71.8 Å². The highest BCUT2D eigenvalue weighted by Gasteiger charge is 2.39. The number of anilines is 2. The number of aliphatic hydroxyl groups excluding tert-OH is 1. The number of hydrogen-bond donors (Lipinski definition) is 3. The van der Waals surface area contributed by atoms with Gasteiger partial charge >= 0.3 is 17.9 Å². The van der Waals surface area contributed by atoms with Crippen LogP contribution in [0.3, 0.4) is 0 Å². The number of likely N-dealkylation sites (tertiary alicyclic amines) is 1. The second kappa shape index (κ2) is 10.7. The van der Waals surface area contributed by atoms with Gasteiger partial charge in [-0.15, -0.1) is 0 Å². The number of aromatic nitrogens is 1. The summed E-state index contributed by atoms with van der Waals surface area (Å²) in [4.78, 5) is 44.0. The maximum atomic E-state index is 13.2. The number of piperidine rings is 1. The Labute approximate surface area is 201 Å². The van der Waals surface area contributed by atoms with Crippen molar-refractivity contribution in [1.29, 1.82) is 0 Å². The monoisotopic (exact) mass is 474 g/mol. The highest BCUT2D eigenvalue weighted by molar-refractivity contribution is 6.39. The first-order chi connectivity index (χ1) is 15.9. The van der Waals surface area contributed by atoms with Gasteiger partial charge in [0.1, 0.15) is 11.4 Å². The standard InChI is InChI=1S/C25H38N4O5/c1-15-9-10-20(17-7-6-8-19(30)12-17)29(14-15)23(32)22(31)27-18-11-16(2)21(26-13-18)28-24(33)34-25(3,4)5/h11,13,15,17,19-20,30H,6-10,12,14H2,1-5H3,(H,27,31)(H,26,28,33)/t15-,17?,19+,20+/m1/s1. The molecule has 3 N–H and O–H groups in total. The summed E-state index contributed by atoms with van der Waals surface area (Å²) in [5.74, 6) is -0.396. The molecule has 4 atom stereocenters. The average molecular weight is 475 g/mol. The molecule has 3 rings (SSSR count). The Morgan fingerprint density at radius 3 is 2.53 bits per heavy atom. The van der Waals surface area contributed by atoms with E-state index in [0.717, 1.165) is 32.1 Å². The van der Waals surface area contributed by atoms with Crippen LogP contribution in [0.5, 0.6) is 0 Å². The number of rotatable bonds is 3. The van der Waals surface area contributed by atoms with Gasteiger partial charge in [-0.1, -0.05) is 13.3 Å². The number of carbonyl (C=O) groups excluding carboxylic acids is 3. The van der Waals surface area contributed by atoms with Crippen LogP contribution in [0.25, 0.3) is 0 Å². The van der Waals surface area contributed by atoms with E-state index in [1.807, 2.05) is 0 Å². The number of hydrogen-bond acceptors (Lipinski definition) is 6. The molecule has 9 nitrogen and oxygen atoms in total. The third-order valence-corrected chi connectivity index (χ3v) is 6.51. The van der Waals surface area contributed by atoms with E-state index in [2.05, 4.69) is 22.5 Å². The van der Waals surface area contributed by atoms with Gasteiger partial charge < -0.3 is 20.1 Å². The molecule has 188 valence electrons. The Morgan fingerprint density at radius 1 is 1.15 bits per heavy atom. The number of nitrogens with one attached hydrogen (secondary N) is 2. The topological polar surface area (TPSA) is 121 Å². The lowest BCUT2D eigenvalue weighted by molar-refractivity contribution is -0.148. The molecule has 2 aliphatic rings. The summed E-state index contributed by atoms with van der Waals surface area (Å²) in [6.07, 6.45) is 5.72. The molecule has 1 aromatic heterocycles. The summed E-state index contributed by atoms with van der Waals surface area (Å²) in [6, 6.07) is 1.63. The lowest BCUT2D eigenvalue weighted by atomic mass is 9.77. The smallest absolute Gasteiger partial charge is 0.413 e. The van der Waals surface area contributed by atoms with Gasteiger partial charge in [0.05, 0.1) is 18.0 Å². The van der Waals surface area contributed by atoms with Crippen LogP contribution in [-0.4, -0.2) is 57.2 Å². The zero-order valence-corrected chi connectivity index (χ0v) is 20.9. The summed E-state index contributed by atoms with van der Waals surface area (Å²) < 4.78 is 5.24. The van der Waals surface area contributed by atoms with Crippen molar-refractivity contribution in [2.75, 3.05) is 17.2 Å². The maximum Gasteiger partial charge on any atom is 0.413 e. The first-order valence-electron chi connectivity index (χ1n) is 12.2. The van der Waals surface area contributed by atoms with Gasteiger partial charge in [-0.05, 0) is 83.3 Å². The molecular weight excluding hydrogens is 436 g/mol. The van der Waals surface area contributed by atoms with Crippen molar-refractivity contribution in [3.63, 3.8) is 0 Å². The van der Waals surface area contributed by atoms with E-state index in [9.17, 15) is 19.5 Å². The van der Waals surface area contributed by atoms with Crippen molar-refractivity contribution >= 4 is 29.4 Å². The number of nitrogens with zero attached hydrogens (tertiary/aromatic N) is 2. The Hall–Kier alpha value is -2.68. The molecule has 0 aromatic carbocycles. The SMILES string of the molecule is Cc1cc(NC(=O)C(=O)N2C[C@H](C)CC[C@H]2C2CCC[C@H](O)C2)cnc1NC(=O)OC(C)(C)C. The predicted molar refractivity (Wildman–Crippen MR) is 129 cm³/mol. The van der Waals surface area contributed by atoms with E-state index in [1.54, 1.807) is 38.7 Å². The summed E-state index contributed by atoms with van der Waals surface area (Å²) >= 11 is 0. The van der Waals surface area contributed by atoms with Gasteiger partial charge in [0.15, 0.2) is 0 Å². The largest absolute Gasteiger partial charge is 0.444 e. The molecule has 0 bridgehead atoms. The molecule has 1 aliphatic carbocycles. The van der Waals surface area contributed by atoms with Crippen LogP contribution in [0.15, 0.2) is 12.3 Å². The van der Waals surface area contributed by atoms with Gasteiger partial charge in [0.25, 0.3) is 0 Å². The van der Waals surface area contributed by atoms with E-state index in [0.29, 0.717) is 36.0 Å². The van der Waals surface area contributed by atoms with Crippen molar-refractivity contribution in [3.05, 3.63) is 17.8 Å². The molecule has 1 unspecified atom stereocenters. The molecule has 34 heavy (non-hydrogen) atoms. The van der Waals surface area contributed by atoms with E-state index in [1.165, 1.54) is 6.20 Å². The van der Waals surface area contributed by atoms with E-state index in [4.69, 9.17) is 4.74 Å². The molecule has 3 amide bonds. The third kappa shape index (κ3) is 6.91. The molecule has 2 heterocycles. The van der Waals surface area contributed by atoms with Crippen molar-refractivity contribution in [2.45, 2.75) is 90.9 Å². The zero-order valence-electron chi connectivity index (χ0n) is 20.9. The summed E-state index contributed by atoms with van der Waals surface area (Å²) in [6.45, 7) is 9.69. The van der Waals surface area contributed by atoms with Gasteiger partial charge in [0, 0.05) is 12.6 Å². The lowest BCUT2D eigenvalue weighted by Crippen LogP contribution is -2.53. The lowest BCUT2D eigenvalue weighted by Gasteiger charge is -2.44. The fourth-order valence-corrected chi connectivity index (χ4v) is 4.94. The Bertz CT molecular complexity index is 913. The van der Waals surface area contributed by atoms with Crippen LogP contribution >= 0.6 is 0 Å². The normalized spacial score (nSPS) is 25.4. The van der Waals surface area contributed by atoms with Crippen LogP contribution < -0.4 is 10.6 Å². The second-order valence-corrected chi connectivity index (χ2v) is 10.8. The van der Waals surface area contributed by atoms with Gasteiger partial charge in [0.2, 0.25) is 0 Å². The average Bonchev–Trinajstić information content (AvgIpc) is 2.73. The number of ether oxygens (including phenoxy) is 1. The highest BCUT2D eigenvalue weighted by Crippen LogP contribution is 2.35. The predicted octanol–water partition coefficient (Wildman–Crippen LogP) is 3.85. The van der Waals surface area contributed by atoms with Crippen LogP contribution in [0.4, 0.5) is 16.3 Å². The minimum atomic E-state index is -0.704. The highest BCUT2D eigenvalue weighted by atomic mass is 16.6. The molecule has 1 saturated carbocycles. The molecular formula is C25H38N4O5. The van der Waals surface area contributed by atoms with Crippen molar-refractivity contribution in [3.8, 4) is 0 Å². The molecule has 1 saturated heterocycles. The fraction of sp³-hybridized carbons (Fsp3) is 0.680. The summed E-state index contributed by atoms with van der Waals surface area (Å²) in [5.41, 5.74) is 0.364. The fourth-order valence-electron chi connectivity index (χ4n) is 4.94. The van der Waals surface area contributed by atoms with Gasteiger partial charge in [-0.2, -0.15) is 0 Å². The molecule has 1 aliphatic heterocycles. The van der Waals surface area contributed by atoms with Gasteiger partial charge in [-0.3, -0.25) is 14.9 Å². The van der Waals surface area contributed by atoms with Crippen LogP contribution in [0, 0.1) is 18.8 Å². The Kier molecular flexibility index (Phi) is 8.17. The van der Waals surface area contributed by atoms with Gasteiger partial charge in [-0.25, -0.2) is 9.78 Å². The van der Waals surface area contributed by atoms with Crippen LogP contribution in [-0.2, 0) is 14.3 Å². The molecule has 1 aromatic rings. The second-order valence-electron chi connectivity index (χ2n) is 10.8. The first kappa shape index (κ1) is 25.9. The quantitative estimate of drug-likeness (QED) is 0.572. The zero-order chi connectivity index (χ0) is 25.0. The Balaban J connectivity index is 1.66. The van der Waals surface area contributed by atoms with E-state index >= 15 is 0 Å². The minimum absolute atomic E-state index is 0.0235. The van der Waals surface area contributed by atoms with Crippen molar-refractivity contribution in [1.82, 2.24) is 9.88 Å². The molecule has 0 radical (unpaired) electrons. The van der Waals surface area contributed by atoms with E-state index < -0.39 is 23.5 Å². The molecule has 2 fully saturated rings. The van der Waals surface area contributed by atoms with Crippen molar-refractivity contribution in [2.24, 2.45) is 11.8 Å². The minimum Gasteiger partial charge on any atom is -0.444 e. The van der Waals surface area contributed by atoms with Crippen molar-refractivity contribution < 1.29 is 24.2 Å². The summed E-state index contributed by atoms with van der Waals surface area (Å²) in [5, 5.41) is 15.4. The molecule has 0 spiro atoms. The third-order valence-electron chi connectivity index (χ3n) is 6.51. The number of aryl methyl sites for hydroxylation is 1. The number of aliphatic hydroxyl groups is 1. The number of amides is 3. The molecule has 9 heteroatoms. The number of carbonyl (C=O) groups is 3. The number of pyridine rings is 1.